The van der Waals surface area contributed by atoms with E-state index in [1.807, 2.05) is 0 Å². The first-order valence-corrected chi connectivity index (χ1v) is 7.07. The lowest BCUT2D eigenvalue weighted by atomic mass is 9.48. The summed E-state index contributed by atoms with van der Waals surface area (Å²) >= 11 is 0. The smallest absolute Gasteiger partial charge is 0.267 e. The standard InChI is InChI=1S/C14H21F2N/c15-14(16)8-13(14,17)7-12-4-9-1-10(5-12)3-11(2-9)6-12/h9-11H,1-8,17H2. The van der Waals surface area contributed by atoms with Crippen LogP contribution in [0.2, 0.25) is 0 Å². The SMILES string of the molecule is NC1(CC23CC4CC(CC(C4)C2)C3)CC1(F)F. The van der Waals surface area contributed by atoms with Crippen molar-refractivity contribution in [3.05, 3.63) is 0 Å². The molecule has 0 radical (unpaired) electrons. The zero-order valence-electron chi connectivity index (χ0n) is 10.2. The largest absolute Gasteiger partial charge is 0.320 e. The highest BCUT2D eigenvalue weighted by atomic mass is 19.3. The van der Waals surface area contributed by atoms with Crippen LogP contribution in [-0.4, -0.2) is 11.5 Å². The molecule has 1 atom stereocenters. The molecule has 5 fully saturated rings. The Labute approximate surface area is 101 Å². The third-order valence-electron chi connectivity index (χ3n) is 6.00. The molecule has 17 heavy (non-hydrogen) atoms. The van der Waals surface area contributed by atoms with Crippen molar-refractivity contribution in [3.8, 4) is 0 Å². The van der Waals surface area contributed by atoms with Gasteiger partial charge in [0.2, 0.25) is 0 Å². The van der Waals surface area contributed by atoms with E-state index < -0.39 is 11.5 Å². The molecule has 5 rings (SSSR count). The van der Waals surface area contributed by atoms with E-state index in [-0.39, 0.29) is 11.8 Å². The maximum atomic E-state index is 13.3. The second kappa shape index (κ2) is 2.87. The molecule has 0 heterocycles. The van der Waals surface area contributed by atoms with Gasteiger partial charge in [-0.3, -0.25) is 0 Å². The Morgan fingerprint density at radius 1 is 0.941 bits per heavy atom. The van der Waals surface area contributed by atoms with Gasteiger partial charge in [0.25, 0.3) is 5.92 Å². The average Bonchev–Trinajstić information content (AvgIpc) is 2.59. The monoisotopic (exact) mass is 241 g/mol. The molecule has 4 bridgehead atoms. The minimum absolute atomic E-state index is 0.0677. The zero-order chi connectivity index (χ0) is 11.9. The first kappa shape index (κ1) is 10.7. The lowest BCUT2D eigenvalue weighted by Gasteiger charge is -2.57. The number of alkyl halides is 2. The van der Waals surface area contributed by atoms with Crippen molar-refractivity contribution >= 4 is 0 Å². The predicted octanol–water partition coefficient (Wildman–Crippen LogP) is 3.33. The van der Waals surface area contributed by atoms with Gasteiger partial charge in [0.05, 0.1) is 5.54 Å². The average molecular weight is 241 g/mol. The predicted molar refractivity (Wildman–Crippen MR) is 61.7 cm³/mol. The van der Waals surface area contributed by atoms with Gasteiger partial charge in [0, 0.05) is 6.42 Å². The van der Waals surface area contributed by atoms with E-state index in [0.717, 1.165) is 17.8 Å². The molecule has 1 nitrogen and oxygen atoms in total. The topological polar surface area (TPSA) is 26.0 Å². The number of nitrogens with two attached hydrogens (primary N) is 1. The van der Waals surface area contributed by atoms with Crippen LogP contribution in [0.1, 0.15) is 51.4 Å². The van der Waals surface area contributed by atoms with E-state index >= 15 is 0 Å². The summed E-state index contributed by atoms with van der Waals surface area (Å²) in [6, 6.07) is 0. The first-order valence-electron chi connectivity index (χ1n) is 7.07. The van der Waals surface area contributed by atoms with Crippen LogP contribution >= 0.6 is 0 Å². The van der Waals surface area contributed by atoms with E-state index in [2.05, 4.69) is 0 Å². The molecule has 0 spiro atoms. The highest BCUT2D eigenvalue weighted by Gasteiger charge is 2.71. The van der Waals surface area contributed by atoms with Gasteiger partial charge in [0.15, 0.2) is 0 Å². The van der Waals surface area contributed by atoms with Crippen LogP contribution < -0.4 is 5.73 Å². The molecule has 96 valence electrons. The Balaban J connectivity index is 1.58. The van der Waals surface area contributed by atoms with Gasteiger partial charge < -0.3 is 5.73 Å². The normalized spacial score (nSPS) is 58.4. The van der Waals surface area contributed by atoms with Crippen LogP contribution in [-0.2, 0) is 0 Å². The summed E-state index contributed by atoms with van der Waals surface area (Å²) in [6.07, 6.45) is 8.20. The molecule has 0 amide bonds. The van der Waals surface area contributed by atoms with Crippen LogP contribution in [0.15, 0.2) is 0 Å². The Hall–Kier alpha value is -0.180. The van der Waals surface area contributed by atoms with Crippen molar-refractivity contribution in [3.63, 3.8) is 0 Å². The molecule has 0 aromatic carbocycles. The van der Waals surface area contributed by atoms with E-state index in [4.69, 9.17) is 5.73 Å². The maximum absolute atomic E-state index is 13.3. The van der Waals surface area contributed by atoms with Crippen molar-refractivity contribution in [2.24, 2.45) is 28.9 Å². The second-order valence-corrected chi connectivity index (χ2v) is 7.63. The van der Waals surface area contributed by atoms with Gasteiger partial charge >= 0.3 is 0 Å². The van der Waals surface area contributed by atoms with E-state index in [9.17, 15) is 8.78 Å². The first-order chi connectivity index (χ1) is 7.90. The maximum Gasteiger partial charge on any atom is 0.267 e. The Morgan fingerprint density at radius 2 is 1.35 bits per heavy atom. The van der Waals surface area contributed by atoms with Crippen molar-refractivity contribution in [1.29, 1.82) is 0 Å². The van der Waals surface area contributed by atoms with Gasteiger partial charge in [-0.2, -0.15) is 0 Å². The summed E-state index contributed by atoms with van der Waals surface area (Å²) in [5, 5.41) is 0. The second-order valence-electron chi connectivity index (χ2n) is 7.63. The van der Waals surface area contributed by atoms with Gasteiger partial charge in [-0.15, -0.1) is 0 Å². The van der Waals surface area contributed by atoms with Crippen molar-refractivity contribution in [2.75, 3.05) is 0 Å². The van der Waals surface area contributed by atoms with Crippen molar-refractivity contribution < 1.29 is 8.78 Å². The summed E-state index contributed by atoms with van der Waals surface area (Å²) in [5.41, 5.74) is 4.95. The number of halogens is 2. The zero-order valence-corrected chi connectivity index (χ0v) is 10.2. The van der Waals surface area contributed by atoms with Gasteiger partial charge in [0.1, 0.15) is 0 Å². The summed E-state index contributed by atoms with van der Waals surface area (Å²) in [6.45, 7) is 0. The fourth-order valence-corrected chi connectivity index (χ4v) is 5.72. The molecule has 0 saturated heterocycles. The Kier molecular flexibility index (Phi) is 1.81. The molecule has 5 saturated carbocycles. The lowest BCUT2D eigenvalue weighted by Crippen LogP contribution is -2.49. The van der Waals surface area contributed by atoms with Crippen molar-refractivity contribution in [1.82, 2.24) is 0 Å². The molecule has 5 aliphatic rings. The molecule has 0 aromatic heterocycles. The summed E-state index contributed by atoms with van der Waals surface area (Å²) in [5.74, 6) is -0.0808. The highest BCUT2D eigenvalue weighted by molar-refractivity contribution is 5.19. The lowest BCUT2D eigenvalue weighted by molar-refractivity contribution is -0.0688. The summed E-state index contributed by atoms with van der Waals surface area (Å²) in [4.78, 5) is 0. The molecule has 2 N–H and O–H groups in total. The minimum atomic E-state index is -2.57. The number of hydrogen-bond donors (Lipinski definition) is 1. The van der Waals surface area contributed by atoms with Gasteiger partial charge in [-0.05, 0) is 68.1 Å². The van der Waals surface area contributed by atoms with Crippen LogP contribution in [0.25, 0.3) is 0 Å². The molecular formula is C14H21F2N. The highest BCUT2D eigenvalue weighted by Crippen LogP contribution is 2.66. The van der Waals surface area contributed by atoms with Crippen LogP contribution in [0.3, 0.4) is 0 Å². The molecule has 3 heteroatoms. The van der Waals surface area contributed by atoms with Crippen LogP contribution in [0.4, 0.5) is 8.78 Å². The number of rotatable bonds is 2. The molecule has 5 aliphatic carbocycles. The Morgan fingerprint density at radius 3 is 1.71 bits per heavy atom. The van der Waals surface area contributed by atoms with E-state index in [1.165, 1.54) is 38.5 Å². The van der Waals surface area contributed by atoms with E-state index in [1.54, 1.807) is 0 Å². The molecule has 1 unspecified atom stereocenters. The van der Waals surface area contributed by atoms with Gasteiger partial charge in [-0.1, -0.05) is 0 Å². The molecule has 0 aliphatic heterocycles. The molecule has 0 aromatic rings. The summed E-state index contributed by atoms with van der Waals surface area (Å²) in [7, 11) is 0. The minimum Gasteiger partial charge on any atom is -0.320 e. The van der Waals surface area contributed by atoms with E-state index in [0.29, 0.717) is 6.42 Å². The third-order valence-corrected chi connectivity index (χ3v) is 6.00. The Bertz CT molecular complexity index is 330. The number of hydrogen-bond acceptors (Lipinski definition) is 1. The quantitative estimate of drug-likeness (QED) is 0.788. The third kappa shape index (κ3) is 1.44. The summed E-state index contributed by atoms with van der Waals surface area (Å²) < 4.78 is 26.7. The van der Waals surface area contributed by atoms with Crippen molar-refractivity contribution in [2.45, 2.75) is 62.8 Å². The fraction of sp³-hybridized carbons (Fsp3) is 1.00. The van der Waals surface area contributed by atoms with Gasteiger partial charge in [-0.25, -0.2) is 8.78 Å². The van der Waals surface area contributed by atoms with Crippen LogP contribution in [0, 0.1) is 23.2 Å². The van der Waals surface area contributed by atoms with Crippen LogP contribution in [0.5, 0.6) is 0 Å². The molecular weight excluding hydrogens is 220 g/mol. The fourth-order valence-electron chi connectivity index (χ4n) is 5.72.